The molecule has 2 aromatic heterocycles. The van der Waals surface area contributed by atoms with Gasteiger partial charge in [0.15, 0.2) is 11.9 Å². The lowest BCUT2D eigenvalue weighted by molar-refractivity contribution is -0.0796. The minimum absolute atomic E-state index is 0.133. The van der Waals surface area contributed by atoms with E-state index in [1.807, 2.05) is 18.0 Å². The van der Waals surface area contributed by atoms with Gasteiger partial charge in [0, 0.05) is 27.8 Å². The number of aromatic nitrogens is 3. The summed E-state index contributed by atoms with van der Waals surface area (Å²) in [4.78, 5) is 6.69. The van der Waals surface area contributed by atoms with E-state index in [1.165, 1.54) is 19.2 Å². The summed E-state index contributed by atoms with van der Waals surface area (Å²) in [7, 11) is 5.03. The molecule has 0 radical (unpaired) electrons. The van der Waals surface area contributed by atoms with E-state index >= 15 is 0 Å². The van der Waals surface area contributed by atoms with Crippen LogP contribution in [-0.2, 0) is 9.47 Å². The van der Waals surface area contributed by atoms with Gasteiger partial charge >= 0.3 is 0 Å². The second-order valence-electron chi connectivity index (χ2n) is 7.20. The second-order valence-corrected chi connectivity index (χ2v) is 7.20. The summed E-state index contributed by atoms with van der Waals surface area (Å²) in [5.74, 6) is -0.188. The van der Waals surface area contributed by atoms with Crippen LogP contribution in [0.1, 0.15) is 37.4 Å². The van der Waals surface area contributed by atoms with Crippen molar-refractivity contribution in [3.05, 3.63) is 47.5 Å². The van der Waals surface area contributed by atoms with E-state index in [-0.39, 0.29) is 11.7 Å². The van der Waals surface area contributed by atoms with Crippen molar-refractivity contribution >= 4 is 16.7 Å². The number of aliphatic hydroxyl groups is 1. The number of ether oxygens (including phenoxy) is 2. The van der Waals surface area contributed by atoms with E-state index in [4.69, 9.17) is 14.6 Å². The van der Waals surface area contributed by atoms with Gasteiger partial charge in [-0.3, -0.25) is 0 Å². The maximum atomic E-state index is 13.4. The number of halogens is 1. The fourth-order valence-electron chi connectivity index (χ4n) is 3.20. The molecule has 0 bridgehead atoms. The van der Waals surface area contributed by atoms with E-state index in [0.717, 1.165) is 16.8 Å². The predicted octanol–water partition coefficient (Wildman–Crippen LogP) is 3.40. The van der Waals surface area contributed by atoms with Gasteiger partial charge in [0.05, 0.1) is 29.1 Å². The number of rotatable bonds is 8. The third kappa shape index (κ3) is 4.24. The number of benzene rings is 1. The van der Waals surface area contributed by atoms with Crippen molar-refractivity contribution < 1.29 is 19.0 Å². The molecule has 0 aliphatic heterocycles. The average Bonchev–Trinajstić information content (AvgIpc) is 3.11. The molecule has 0 amide bonds. The first-order valence-corrected chi connectivity index (χ1v) is 9.47. The van der Waals surface area contributed by atoms with Gasteiger partial charge in [0.1, 0.15) is 11.5 Å². The lowest BCUT2D eigenvalue weighted by atomic mass is 10.1. The van der Waals surface area contributed by atoms with Crippen LogP contribution in [0, 0.1) is 5.82 Å². The Bertz CT molecular complexity index is 972. The molecular formula is C21H27FN4O3. The third-order valence-electron chi connectivity index (χ3n) is 4.80. The molecule has 1 atom stereocenters. The van der Waals surface area contributed by atoms with Crippen molar-refractivity contribution in [1.82, 2.24) is 14.8 Å². The van der Waals surface area contributed by atoms with Gasteiger partial charge in [0.2, 0.25) is 0 Å². The SMILES string of the molecule is COCCN(C)c1cc(C(O)OC)nc2c1c(C(C)C)nn2-c1ccc(F)cc1. The van der Waals surface area contributed by atoms with Gasteiger partial charge in [-0.2, -0.15) is 5.10 Å². The molecule has 1 aromatic carbocycles. The van der Waals surface area contributed by atoms with Gasteiger partial charge in [-0.25, -0.2) is 14.1 Å². The first-order chi connectivity index (χ1) is 13.9. The van der Waals surface area contributed by atoms with Crippen LogP contribution >= 0.6 is 0 Å². The average molecular weight is 402 g/mol. The van der Waals surface area contributed by atoms with Crippen LogP contribution in [0.3, 0.4) is 0 Å². The molecule has 29 heavy (non-hydrogen) atoms. The van der Waals surface area contributed by atoms with E-state index in [9.17, 15) is 9.50 Å². The topological polar surface area (TPSA) is 72.6 Å². The predicted molar refractivity (Wildman–Crippen MR) is 110 cm³/mol. The standard InChI is InChI=1S/C21H27FN4O3/c1-13(2)19-18-17(25(3)10-11-28-4)12-16(21(27)29-5)23-20(18)26(24-19)15-8-6-14(22)7-9-15/h6-9,12-13,21,27H,10-11H2,1-5H3. The van der Waals surface area contributed by atoms with Crippen molar-refractivity contribution in [2.75, 3.05) is 39.3 Å². The Hall–Kier alpha value is -2.55. The third-order valence-corrected chi connectivity index (χ3v) is 4.80. The maximum absolute atomic E-state index is 13.4. The van der Waals surface area contributed by atoms with Crippen LogP contribution in [-0.4, -0.2) is 54.3 Å². The van der Waals surface area contributed by atoms with E-state index in [0.29, 0.717) is 30.2 Å². The molecule has 0 saturated heterocycles. The molecule has 3 aromatic rings. The summed E-state index contributed by atoms with van der Waals surface area (Å²) in [5.41, 5.74) is 3.38. The van der Waals surface area contributed by atoms with Crippen molar-refractivity contribution in [3.63, 3.8) is 0 Å². The molecule has 0 fully saturated rings. The molecule has 0 aliphatic carbocycles. The Kier molecular flexibility index (Phi) is 6.46. The monoisotopic (exact) mass is 402 g/mol. The number of hydrogen-bond acceptors (Lipinski definition) is 6. The summed E-state index contributed by atoms with van der Waals surface area (Å²) in [6, 6.07) is 7.89. The molecule has 0 aliphatic rings. The molecular weight excluding hydrogens is 375 g/mol. The highest BCUT2D eigenvalue weighted by Crippen LogP contribution is 2.35. The zero-order valence-electron chi connectivity index (χ0n) is 17.4. The smallest absolute Gasteiger partial charge is 0.198 e. The summed E-state index contributed by atoms with van der Waals surface area (Å²) >= 11 is 0. The van der Waals surface area contributed by atoms with E-state index < -0.39 is 6.29 Å². The maximum Gasteiger partial charge on any atom is 0.198 e. The van der Waals surface area contributed by atoms with Crippen LogP contribution in [0.5, 0.6) is 0 Å². The molecule has 1 unspecified atom stereocenters. The quantitative estimate of drug-likeness (QED) is 0.582. The number of methoxy groups -OCH3 is 2. The van der Waals surface area contributed by atoms with Gasteiger partial charge in [-0.05, 0) is 36.2 Å². The van der Waals surface area contributed by atoms with Gasteiger partial charge in [-0.1, -0.05) is 13.8 Å². The normalized spacial score (nSPS) is 12.7. The van der Waals surface area contributed by atoms with Crippen LogP contribution in [0.25, 0.3) is 16.7 Å². The summed E-state index contributed by atoms with van der Waals surface area (Å²) < 4.78 is 25.4. The zero-order valence-corrected chi connectivity index (χ0v) is 17.4. The number of fused-ring (bicyclic) bond motifs is 1. The molecule has 156 valence electrons. The van der Waals surface area contributed by atoms with Crippen LogP contribution in [0.4, 0.5) is 10.1 Å². The Labute approximate surface area is 169 Å². The number of nitrogens with zero attached hydrogens (tertiary/aromatic N) is 4. The number of anilines is 1. The van der Waals surface area contributed by atoms with Gasteiger partial charge in [0.25, 0.3) is 0 Å². The Morgan fingerprint density at radius 3 is 2.48 bits per heavy atom. The minimum Gasteiger partial charge on any atom is -0.383 e. The van der Waals surface area contributed by atoms with Crippen LogP contribution < -0.4 is 4.90 Å². The van der Waals surface area contributed by atoms with Crippen molar-refractivity contribution in [3.8, 4) is 5.69 Å². The number of pyridine rings is 1. The molecule has 0 saturated carbocycles. The minimum atomic E-state index is -1.17. The zero-order chi connectivity index (χ0) is 21.1. The van der Waals surface area contributed by atoms with Crippen molar-refractivity contribution in [1.29, 1.82) is 0 Å². The molecule has 0 spiro atoms. The van der Waals surface area contributed by atoms with Crippen LogP contribution in [0.15, 0.2) is 30.3 Å². The molecule has 8 heteroatoms. The number of hydrogen-bond donors (Lipinski definition) is 1. The molecule has 2 heterocycles. The highest BCUT2D eigenvalue weighted by Gasteiger charge is 2.23. The Balaban J connectivity index is 2.31. The van der Waals surface area contributed by atoms with Crippen LogP contribution in [0.2, 0.25) is 0 Å². The van der Waals surface area contributed by atoms with E-state index in [2.05, 4.69) is 18.8 Å². The second kappa shape index (κ2) is 8.86. The van der Waals surface area contributed by atoms with Crippen molar-refractivity contribution in [2.45, 2.75) is 26.1 Å². The Morgan fingerprint density at radius 1 is 1.21 bits per heavy atom. The highest BCUT2D eigenvalue weighted by molar-refractivity contribution is 5.93. The summed E-state index contributed by atoms with van der Waals surface area (Å²) in [5, 5.41) is 16.0. The van der Waals surface area contributed by atoms with E-state index in [1.54, 1.807) is 23.9 Å². The first-order valence-electron chi connectivity index (χ1n) is 9.47. The van der Waals surface area contributed by atoms with Crippen molar-refractivity contribution in [2.24, 2.45) is 0 Å². The highest BCUT2D eigenvalue weighted by atomic mass is 19.1. The lowest BCUT2D eigenvalue weighted by Crippen LogP contribution is -2.23. The molecule has 7 nitrogen and oxygen atoms in total. The number of aliphatic hydroxyl groups excluding tert-OH is 1. The number of likely N-dealkylation sites (N-methyl/N-ethyl adjacent to an activating group) is 1. The largest absolute Gasteiger partial charge is 0.383 e. The fourth-order valence-corrected chi connectivity index (χ4v) is 3.20. The van der Waals surface area contributed by atoms with Gasteiger partial charge in [-0.15, -0.1) is 0 Å². The summed E-state index contributed by atoms with van der Waals surface area (Å²) in [6.45, 7) is 5.32. The summed E-state index contributed by atoms with van der Waals surface area (Å²) in [6.07, 6.45) is -1.17. The molecule has 3 rings (SSSR count). The van der Waals surface area contributed by atoms with Gasteiger partial charge < -0.3 is 19.5 Å². The fraction of sp³-hybridized carbons (Fsp3) is 0.429. The first kappa shape index (κ1) is 21.2. The lowest BCUT2D eigenvalue weighted by Gasteiger charge is -2.22. The Morgan fingerprint density at radius 2 is 1.90 bits per heavy atom. The molecule has 1 N–H and O–H groups in total.